The molecule has 84 valence electrons. The van der Waals surface area contributed by atoms with Gasteiger partial charge >= 0.3 is 0 Å². The van der Waals surface area contributed by atoms with Crippen LogP contribution in [0.1, 0.15) is 49.5 Å². The fourth-order valence-corrected chi connectivity index (χ4v) is 3.00. The number of hydrogen-bond acceptors (Lipinski definition) is 2. The maximum atomic E-state index is 5.87. The summed E-state index contributed by atoms with van der Waals surface area (Å²) in [6.07, 6.45) is 7.44. The quantitative estimate of drug-likeness (QED) is 0.913. The Kier molecular flexibility index (Phi) is 3.87. The summed E-state index contributed by atoms with van der Waals surface area (Å²) in [5.41, 5.74) is 5.52. The zero-order valence-electron chi connectivity index (χ0n) is 8.97. The highest BCUT2D eigenvalue weighted by Gasteiger charge is 2.21. The summed E-state index contributed by atoms with van der Waals surface area (Å²) in [6, 6.07) is 2.08. The van der Waals surface area contributed by atoms with Crippen molar-refractivity contribution in [2.75, 3.05) is 6.54 Å². The predicted molar refractivity (Wildman–Crippen MR) is 65.0 cm³/mol. The summed E-state index contributed by atoms with van der Waals surface area (Å²) < 4.78 is 7.00. The molecule has 0 spiro atoms. The summed E-state index contributed by atoms with van der Waals surface area (Å²) >= 11 is 3.59. The lowest BCUT2D eigenvalue weighted by atomic mass is 9.88. The molecule has 0 bridgehead atoms. The third-order valence-corrected chi connectivity index (χ3v) is 3.75. The number of nitrogens with two attached hydrogens (primary N) is 1. The topological polar surface area (TPSA) is 39.2 Å². The first-order valence-electron chi connectivity index (χ1n) is 5.79. The van der Waals surface area contributed by atoms with E-state index in [0.29, 0.717) is 12.5 Å². The van der Waals surface area contributed by atoms with Crippen molar-refractivity contribution in [3.8, 4) is 0 Å². The summed E-state index contributed by atoms with van der Waals surface area (Å²) in [6.45, 7) is 0.657. The van der Waals surface area contributed by atoms with Gasteiger partial charge < -0.3 is 10.2 Å². The van der Waals surface area contributed by atoms with Crippen molar-refractivity contribution >= 4 is 15.9 Å². The second kappa shape index (κ2) is 5.17. The maximum absolute atomic E-state index is 5.87. The molecule has 2 nitrogen and oxygen atoms in total. The van der Waals surface area contributed by atoms with Crippen molar-refractivity contribution in [1.82, 2.24) is 0 Å². The molecule has 0 radical (unpaired) electrons. The number of rotatable bonds is 3. The van der Waals surface area contributed by atoms with Crippen LogP contribution < -0.4 is 5.73 Å². The first-order chi connectivity index (χ1) is 7.31. The van der Waals surface area contributed by atoms with Crippen molar-refractivity contribution in [2.45, 2.75) is 44.4 Å². The third-order valence-electron chi connectivity index (χ3n) is 3.13. The van der Waals surface area contributed by atoms with Crippen molar-refractivity contribution in [1.29, 1.82) is 0 Å². The summed E-state index contributed by atoms with van der Waals surface area (Å²) in [4.78, 5) is 0. The van der Waals surface area contributed by atoms with Gasteiger partial charge in [-0.2, -0.15) is 0 Å². The molecule has 0 amide bonds. The first-order valence-corrected chi connectivity index (χ1v) is 6.58. The molecule has 1 saturated carbocycles. The van der Waals surface area contributed by atoms with E-state index in [1.54, 1.807) is 0 Å². The Labute approximate surface area is 99.3 Å². The predicted octanol–water partition coefficient (Wildman–Crippen LogP) is 3.59. The van der Waals surface area contributed by atoms with E-state index in [0.717, 1.165) is 22.4 Å². The molecular formula is C12H18BrNO. The molecule has 1 fully saturated rings. The van der Waals surface area contributed by atoms with Gasteiger partial charge in [0.25, 0.3) is 0 Å². The highest BCUT2D eigenvalue weighted by molar-refractivity contribution is 9.10. The van der Waals surface area contributed by atoms with Crippen LogP contribution in [-0.4, -0.2) is 6.54 Å². The second-order valence-corrected chi connectivity index (χ2v) is 5.15. The molecule has 2 N–H and O–H groups in total. The van der Waals surface area contributed by atoms with E-state index in [9.17, 15) is 0 Å². The Morgan fingerprint density at radius 3 is 2.73 bits per heavy atom. The van der Waals surface area contributed by atoms with Gasteiger partial charge in [0, 0.05) is 12.3 Å². The van der Waals surface area contributed by atoms with E-state index < -0.39 is 0 Å². The van der Waals surface area contributed by atoms with Crippen molar-refractivity contribution in [3.63, 3.8) is 0 Å². The number of halogens is 1. The minimum Gasteiger partial charge on any atom is -0.465 e. The minimum absolute atomic E-state index is 0.625. The van der Waals surface area contributed by atoms with Gasteiger partial charge in [0.15, 0.2) is 0 Å². The molecule has 0 aliphatic heterocycles. The van der Waals surface area contributed by atoms with Crippen LogP contribution in [-0.2, 0) is 6.42 Å². The molecule has 15 heavy (non-hydrogen) atoms. The highest BCUT2D eigenvalue weighted by Crippen LogP contribution is 2.37. The fourth-order valence-electron chi connectivity index (χ4n) is 2.34. The molecule has 1 heterocycles. The van der Waals surface area contributed by atoms with Gasteiger partial charge in [-0.1, -0.05) is 19.3 Å². The molecular weight excluding hydrogens is 254 g/mol. The van der Waals surface area contributed by atoms with Gasteiger partial charge in [0.1, 0.15) is 11.5 Å². The zero-order valence-corrected chi connectivity index (χ0v) is 10.6. The van der Waals surface area contributed by atoms with E-state index in [2.05, 4.69) is 22.0 Å². The Hall–Kier alpha value is -0.280. The monoisotopic (exact) mass is 271 g/mol. The van der Waals surface area contributed by atoms with Gasteiger partial charge in [0.05, 0.1) is 4.47 Å². The number of hydrogen-bond donors (Lipinski definition) is 1. The van der Waals surface area contributed by atoms with Crippen LogP contribution >= 0.6 is 15.9 Å². The van der Waals surface area contributed by atoms with Gasteiger partial charge in [-0.3, -0.25) is 0 Å². The molecule has 1 aliphatic carbocycles. The molecule has 1 aromatic heterocycles. The second-order valence-electron chi connectivity index (χ2n) is 4.30. The largest absolute Gasteiger partial charge is 0.465 e. The molecule has 0 atom stereocenters. The van der Waals surface area contributed by atoms with E-state index >= 15 is 0 Å². The van der Waals surface area contributed by atoms with Crippen molar-refractivity contribution < 1.29 is 4.42 Å². The van der Waals surface area contributed by atoms with Gasteiger partial charge in [-0.05, 0) is 41.4 Å². The molecule has 0 saturated heterocycles. The van der Waals surface area contributed by atoms with Gasteiger partial charge in [-0.25, -0.2) is 0 Å². The molecule has 3 heteroatoms. The van der Waals surface area contributed by atoms with Crippen LogP contribution in [0.25, 0.3) is 0 Å². The fraction of sp³-hybridized carbons (Fsp3) is 0.667. The van der Waals surface area contributed by atoms with E-state index in [1.165, 1.54) is 32.1 Å². The standard InChI is InChI=1S/C12H18BrNO/c13-11-8-10(6-7-14)15-12(11)9-4-2-1-3-5-9/h8-9H,1-7,14H2. The Morgan fingerprint density at radius 1 is 1.33 bits per heavy atom. The molecule has 0 aromatic carbocycles. The van der Waals surface area contributed by atoms with E-state index in [4.69, 9.17) is 10.2 Å². The Bertz CT molecular complexity index is 315. The van der Waals surface area contributed by atoms with Crippen LogP contribution in [0.3, 0.4) is 0 Å². The average molecular weight is 272 g/mol. The SMILES string of the molecule is NCCc1cc(Br)c(C2CCCCC2)o1. The average Bonchev–Trinajstić information content (AvgIpc) is 2.61. The lowest BCUT2D eigenvalue weighted by molar-refractivity contribution is 0.361. The van der Waals surface area contributed by atoms with Crippen LogP contribution in [0.2, 0.25) is 0 Å². The van der Waals surface area contributed by atoms with E-state index in [1.807, 2.05) is 0 Å². The van der Waals surface area contributed by atoms with Crippen LogP contribution in [0.4, 0.5) is 0 Å². The number of furan rings is 1. The molecule has 2 rings (SSSR count). The Morgan fingerprint density at radius 2 is 2.07 bits per heavy atom. The first kappa shape index (κ1) is 11.2. The van der Waals surface area contributed by atoms with Gasteiger partial charge in [0.2, 0.25) is 0 Å². The highest BCUT2D eigenvalue weighted by atomic mass is 79.9. The zero-order chi connectivity index (χ0) is 10.7. The smallest absolute Gasteiger partial charge is 0.121 e. The van der Waals surface area contributed by atoms with Gasteiger partial charge in [-0.15, -0.1) is 0 Å². The molecule has 1 aliphatic rings. The van der Waals surface area contributed by atoms with Crippen molar-refractivity contribution in [2.24, 2.45) is 5.73 Å². The minimum atomic E-state index is 0.625. The Balaban J connectivity index is 2.11. The maximum Gasteiger partial charge on any atom is 0.121 e. The normalized spacial score (nSPS) is 18.3. The molecule has 1 aromatic rings. The van der Waals surface area contributed by atoms with Crippen LogP contribution in [0.15, 0.2) is 15.0 Å². The molecule has 0 unspecified atom stereocenters. The summed E-state index contributed by atoms with van der Waals surface area (Å²) in [7, 11) is 0. The van der Waals surface area contributed by atoms with E-state index in [-0.39, 0.29) is 0 Å². The lowest BCUT2D eigenvalue weighted by Gasteiger charge is -2.19. The summed E-state index contributed by atoms with van der Waals surface area (Å²) in [5, 5.41) is 0. The van der Waals surface area contributed by atoms with Crippen LogP contribution in [0, 0.1) is 0 Å². The third kappa shape index (κ3) is 2.64. The lowest BCUT2D eigenvalue weighted by Crippen LogP contribution is -2.04. The van der Waals surface area contributed by atoms with Crippen molar-refractivity contribution in [3.05, 3.63) is 22.1 Å². The summed E-state index contributed by atoms with van der Waals surface area (Å²) in [5.74, 6) is 2.79. The van der Waals surface area contributed by atoms with Crippen LogP contribution in [0.5, 0.6) is 0 Å².